The van der Waals surface area contributed by atoms with Crippen molar-refractivity contribution in [3.63, 3.8) is 0 Å². The molecule has 1 aromatic carbocycles. The first-order valence-electron chi connectivity index (χ1n) is 11.1. The van der Waals surface area contributed by atoms with Crippen LogP contribution < -0.4 is 10.6 Å². The number of carbonyl (C=O) groups excluding carboxylic acids is 2. The van der Waals surface area contributed by atoms with Gasteiger partial charge in [-0.25, -0.2) is 0 Å². The predicted octanol–water partition coefficient (Wildman–Crippen LogP) is 3.73. The monoisotopic (exact) mass is 418 g/mol. The zero-order valence-electron chi connectivity index (χ0n) is 17.9. The maximum atomic E-state index is 13.1. The summed E-state index contributed by atoms with van der Waals surface area (Å²) in [6.07, 6.45) is 7.99. The van der Waals surface area contributed by atoms with Gasteiger partial charge < -0.3 is 15.6 Å². The van der Waals surface area contributed by atoms with Crippen LogP contribution in [0.2, 0.25) is 0 Å². The van der Waals surface area contributed by atoms with Gasteiger partial charge >= 0.3 is 0 Å². The summed E-state index contributed by atoms with van der Waals surface area (Å²) in [4.78, 5) is 33.6. The van der Waals surface area contributed by atoms with Crippen LogP contribution in [0, 0.1) is 11.8 Å². The fourth-order valence-corrected chi connectivity index (χ4v) is 4.35. The molecule has 1 atom stereocenters. The van der Waals surface area contributed by atoms with Crippen LogP contribution in [0.25, 0.3) is 10.9 Å². The van der Waals surface area contributed by atoms with Crippen molar-refractivity contribution in [1.82, 2.24) is 20.6 Å². The molecule has 2 aromatic heterocycles. The molecule has 2 amide bonds. The van der Waals surface area contributed by atoms with Gasteiger partial charge in [0.05, 0.1) is 12.2 Å². The van der Waals surface area contributed by atoms with Crippen molar-refractivity contribution >= 4 is 22.7 Å². The molecule has 1 aliphatic rings. The molecule has 4 rings (SSSR count). The lowest BCUT2D eigenvalue weighted by molar-refractivity contribution is -0.132. The number of para-hydroxylation sites is 1. The van der Waals surface area contributed by atoms with Crippen molar-refractivity contribution in [1.29, 1.82) is 0 Å². The predicted molar refractivity (Wildman–Crippen MR) is 121 cm³/mol. The SMILES string of the molecule is CC1CCC(C(=O)NC(Cc2c[nH]c3ccccc23)C(=O)NCc2ccccn2)CC1. The Balaban J connectivity index is 1.48. The quantitative estimate of drug-likeness (QED) is 0.546. The number of rotatable bonds is 7. The van der Waals surface area contributed by atoms with E-state index in [0.717, 1.165) is 47.8 Å². The van der Waals surface area contributed by atoms with Gasteiger partial charge in [-0.15, -0.1) is 0 Å². The molecule has 0 bridgehead atoms. The summed E-state index contributed by atoms with van der Waals surface area (Å²) in [5, 5.41) is 7.08. The van der Waals surface area contributed by atoms with Gasteiger partial charge in [0.15, 0.2) is 0 Å². The third kappa shape index (κ3) is 5.32. The van der Waals surface area contributed by atoms with E-state index in [1.807, 2.05) is 48.7 Å². The number of nitrogens with zero attached hydrogens (tertiary/aromatic N) is 1. The van der Waals surface area contributed by atoms with Gasteiger partial charge in [-0.3, -0.25) is 14.6 Å². The van der Waals surface area contributed by atoms with Crippen LogP contribution >= 0.6 is 0 Å². The molecule has 2 heterocycles. The molecule has 0 spiro atoms. The summed E-state index contributed by atoms with van der Waals surface area (Å²) in [6.45, 7) is 2.57. The number of hydrogen-bond donors (Lipinski definition) is 3. The Labute approximate surface area is 182 Å². The Morgan fingerprint density at radius 1 is 1.10 bits per heavy atom. The van der Waals surface area contributed by atoms with Crippen molar-refractivity contribution in [2.75, 3.05) is 0 Å². The summed E-state index contributed by atoms with van der Waals surface area (Å²) in [6, 6.07) is 13.0. The number of aromatic amines is 1. The standard InChI is InChI=1S/C25H30N4O2/c1-17-9-11-18(12-10-17)24(30)29-23(25(31)28-16-20-6-4-5-13-26-20)14-19-15-27-22-8-3-2-7-21(19)22/h2-8,13,15,17-18,23,27H,9-12,14,16H2,1H3,(H,28,31)(H,29,30). The first-order chi connectivity index (χ1) is 15.1. The van der Waals surface area contributed by atoms with Gasteiger partial charge in [0.2, 0.25) is 11.8 Å². The Bertz CT molecular complexity index is 1020. The van der Waals surface area contributed by atoms with E-state index < -0.39 is 6.04 Å². The van der Waals surface area contributed by atoms with E-state index in [4.69, 9.17) is 0 Å². The molecule has 0 aliphatic heterocycles. The van der Waals surface area contributed by atoms with Gasteiger partial charge in [-0.05, 0) is 55.4 Å². The smallest absolute Gasteiger partial charge is 0.243 e. The number of fused-ring (bicyclic) bond motifs is 1. The first kappa shape index (κ1) is 21.1. The number of amides is 2. The molecule has 1 unspecified atom stereocenters. The highest BCUT2D eigenvalue weighted by atomic mass is 16.2. The molecular formula is C25H30N4O2. The van der Waals surface area contributed by atoms with Crippen LogP contribution in [0.3, 0.4) is 0 Å². The lowest BCUT2D eigenvalue weighted by Gasteiger charge is -2.27. The largest absolute Gasteiger partial charge is 0.361 e. The van der Waals surface area contributed by atoms with Crippen LogP contribution in [-0.4, -0.2) is 27.8 Å². The van der Waals surface area contributed by atoms with Gasteiger partial charge in [0.1, 0.15) is 6.04 Å². The average Bonchev–Trinajstić information content (AvgIpc) is 3.21. The number of carbonyl (C=O) groups is 2. The molecule has 6 heteroatoms. The average molecular weight is 419 g/mol. The van der Waals surface area contributed by atoms with Gasteiger partial charge in [-0.1, -0.05) is 31.2 Å². The second-order valence-electron chi connectivity index (χ2n) is 8.62. The number of H-pyrrole nitrogens is 1. The van der Waals surface area contributed by atoms with E-state index in [9.17, 15) is 9.59 Å². The minimum absolute atomic E-state index is 0.00902. The molecule has 31 heavy (non-hydrogen) atoms. The minimum Gasteiger partial charge on any atom is -0.361 e. The van der Waals surface area contributed by atoms with Gasteiger partial charge in [0.25, 0.3) is 0 Å². The van der Waals surface area contributed by atoms with Crippen molar-refractivity contribution in [3.8, 4) is 0 Å². The third-order valence-corrected chi connectivity index (χ3v) is 6.29. The molecule has 6 nitrogen and oxygen atoms in total. The van der Waals surface area contributed by atoms with E-state index in [-0.39, 0.29) is 17.7 Å². The molecule has 1 saturated carbocycles. The van der Waals surface area contributed by atoms with E-state index in [0.29, 0.717) is 18.9 Å². The van der Waals surface area contributed by atoms with E-state index in [1.165, 1.54) is 0 Å². The van der Waals surface area contributed by atoms with Crippen LogP contribution in [0.1, 0.15) is 43.9 Å². The number of pyridine rings is 1. The normalized spacial score (nSPS) is 19.6. The van der Waals surface area contributed by atoms with E-state index >= 15 is 0 Å². The molecule has 1 fully saturated rings. The van der Waals surface area contributed by atoms with Crippen LogP contribution in [0.15, 0.2) is 54.9 Å². The van der Waals surface area contributed by atoms with Crippen LogP contribution in [-0.2, 0) is 22.6 Å². The van der Waals surface area contributed by atoms with Crippen LogP contribution in [0.5, 0.6) is 0 Å². The van der Waals surface area contributed by atoms with E-state index in [1.54, 1.807) is 6.20 Å². The minimum atomic E-state index is -0.630. The van der Waals surface area contributed by atoms with E-state index in [2.05, 4.69) is 27.5 Å². The molecule has 1 aliphatic carbocycles. The molecule has 0 saturated heterocycles. The Hall–Kier alpha value is -3.15. The van der Waals surface area contributed by atoms with Crippen molar-refractivity contribution in [3.05, 3.63) is 66.1 Å². The highest BCUT2D eigenvalue weighted by molar-refractivity contribution is 5.90. The maximum absolute atomic E-state index is 13.1. The molecule has 162 valence electrons. The van der Waals surface area contributed by atoms with Crippen molar-refractivity contribution in [2.24, 2.45) is 11.8 Å². The Morgan fingerprint density at radius 3 is 2.65 bits per heavy atom. The Morgan fingerprint density at radius 2 is 1.87 bits per heavy atom. The zero-order valence-corrected chi connectivity index (χ0v) is 17.9. The molecule has 3 N–H and O–H groups in total. The van der Waals surface area contributed by atoms with Crippen LogP contribution in [0.4, 0.5) is 0 Å². The highest BCUT2D eigenvalue weighted by Crippen LogP contribution is 2.28. The molecule has 3 aromatic rings. The number of nitrogens with one attached hydrogen (secondary N) is 3. The number of hydrogen-bond acceptors (Lipinski definition) is 3. The van der Waals surface area contributed by atoms with Crippen molar-refractivity contribution in [2.45, 2.75) is 51.6 Å². The Kier molecular flexibility index (Phi) is 6.65. The second-order valence-corrected chi connectivity index (χ2v) is 8.62. The fourth-order valence-electron chi connectivity index (χ4n) is 4.35. The maximum Gasteiger partial charge on any atom is 0.243 e. The topological polar surface area (TPSA) is 86.9 Å². The highest BCUT2D eigenvalue weighted by Gasteiger charge is 2.29. The van der Waals surface area contributed by atoms with Crippen molar-refractivity contribution < 1.29 is 9.59 Å². The summed E-state index contributed by atoms with van der Waals surface area (Å²) in [5.74, 6) is 0.469. The zero-order chi connectivity index (χ0) is 21.6. The summed E-state index contributed by atoms with van der Waals surface area (Å²) in [7, 11) is 0. The number of aromatic nitrogens is 2. The molecular weight excluding hydrogens is 388 g/mol. The van der Waals surface area contributed by atoms with Gasteiger partial charge in [-0.2, -0.15) is 0 Å². The second kappa shape index (κ2) is 9.77. The summed E-state index contributed by atoms with van der Waals surface area (Å²) < 4.78 is 0. The molecule has 0 radical (unpaired) electrons. The lowest BCUT2D eigenvalue weighted by atomic mass is 9.82. The summed E-state index contributed by atoms with van der Waals surface area (Å²) >= 11 is 0. The summed E-state index contributed by atoms with van der Waals surface area (Å²) in [5.41, 5.74) is 2.83. The fraction of sp³-hybridized carbons (Fsp3) is 0.400. The first-order valence-corrected chi connectivity index (χ1v) is 11.1. The lowest BCUT2D eigenvalue weighted by Crippen LogP contribution is -2.49. The van der Waals surface area contributed by atoms with Gasteiger partial charge in [0, 0.05) is 35.6 Å². The third-order valence-electron chi connectivity index (χ3n) is 6.29. The number of benzene rings is 1.